The molecule has 0 spiro atoms. The lowest BCUT2D eigenvalue weighted by Gasteiger charge is -2.36. The normalized spacial score (nSPS) is 26.2. The Balaban J connectivity index is 1.51. The predicted molar refractivity (Wildman–Crippen MR) is 87.0 cm³/mol. The van der Waals surface area contributed by atoms with Crippen molar-refractivity contribution < 1.29 is 0 Å². The summed E-state index contributed by atoms with van der Waals surface area (Å²) >= 11 is 0. The van der Waals surface area contributed by atoms with Gasteiger partial charge in [0.25, 0.3) is 0 Å². The van der Waals surface area contributed by atoms with E-state index in [0.29, 0.717) is 0 Å². The molecule has 0 radical (unpaired) electrons. The zero-order chi connectivity index (χ0) is 14.7. The van der Waals surface area contributed by atoms with Crippen LogP contribution in [0.3, 0.4) is 0 Å². The van der Waals surface area contributed by atoms with Gasteiger partial charge in [0.05, 0.1) is 5.69 Å². The van der Waals surface area contributed by atoms with E-state index in [4.69, 9.17) is 0 Å². The Kier molecular flexibility index (Phi) is 4.91. The van der Waals surface area contributed by atoms with Gasteiger partial charge >= 0.3 is 0 Å². The minimum Gasteiger partial charge on any atom is -0.310 e. The Bertz CT molecular complexity index is 438. The van der Waals surface area contributed by atoms with Crippen molar-refractivity contribution in [3.8, 4) is 0 Å². The molecular weight excluding hydrogens is 258 g/mol. The van der Waals surface area contributed by atoms with Crippen LogP contribution < -0.4 is 5.32 Å². The summed E-state index contributed by atoms with van der Waals surface area (Å²) in [5, 5.41) is 3.54. The number of hydrogen-bond acceptors (Lipinski definition) is 3. The molecule has 2 unspecified atom stereocenters. The van der Waals surface area contributed by atoms with Crippen LogP contribution >= 0.6 is 0 Å². The Hall–Kier alpha value is -0.930. The number of nitrogens with one attached hydrogen (secondary N) is 1. The molecule has 1 heterocycles. The van der Waals surface area contributed by atoms with Gasteiger partial charge < -0.3 is 5.32 Å². The highest BCUT2D eigenvalue weighted by Crippen LogP contribution is 2.28. The van der Waals surface area contributed by atoms with Crippen LogP contribution in [0.5, 0.6) is 0 Å². The number of aromatic nitrogens is 1. The van der Waals surface area contributed by atoms with E-state index >= 15 is 0 Å². The van der Waals surface area contributed by atoms with Gasteiger partial charge in [0, 0.05) is 31.4 Å². The van der Waals surface area contributed by atoms with Crippen LogP contribution in [0, 0.1) is 5.92 Å². The van der Waals surface area contributed by atoms with Gasteiger partial charge in [-0.1, -0.05) is 25.8 Å². The Morgan fingerprint density at radius 3 is 2.67 bits per heavy atom. The average Bonchev–Trinajstić information content (AvgIpc) is 3.31. The van der Waals surface area contributed by atoms with E-state index in [1.54, 1.807) is 0 Å². The Labute approximate surface area is 129 Å². The monoisotopic (exact) mass is 287 g/mol. The molecule has 3 nitrogen and oxygen atoms in total. The smallest absolute Gasteiger partial charge is 0.0544 e. The fourth-order valence-electron chi connectivity index (χ4n) is 3.53. The second-order valence-corrected chi connectivity index (χ2v) is 7.06. The molecule has 0 saturated heterocycles. The molecule has 3 heteroatoms. The first kappa shape index (κ1) is 15.0. The summed E-state index contributed by atoms with van der Waals surface area (Å²) < 4.78 is 0. The molecule has 1 N–H and O–H groups in total. The summed E-state index contributed by atoms with van der Waals surface area (Å²) in [5.74, 6) is 0.825. The van der Waals surface area contributed by atoms with Gasteiger partial charge in [-0.3, -0.25) is 9.88 Å². The fourth-order valence-corrected chi connectivity index (χ4v) is 3.53. The number of rotatable bonds is 6. The highest BCUT2D eigenvalue weighted by Gasteiger charge is 2.25. The maximum atomic E-state index is 4.66. The first-order valence-electron chi connectivity index (χ1n) is 8.60. The van der Waals surface area contributed by atoms with Gasteiger partial charge in [0.15, 0.2) is 0 Å². The van der Waals surface area contributed by atoms with Crippen LogP contribution in [0.15, 0.2) is 18.3 Å². The molecule has 0 aliphatic heterocycles. The minimum atomic E-state index is 0.733. The van der Waals surface area contributed by atoms with Gasteiger partial charge in [-0.2, -0.15) is 0 Å². The Morgan fingerprint density at radius 1 is 1.19 bits per heavy atom. The molecule has 1 aromatic heterocycles. The molecule has 116 valence electrons. The summed E-state index contributed by atoms with van der Waals surface area (Å²) in [4.78, 5) is 7.16. The van der Waals surface area contributed by atoms with Crippen molar-refractivity contribution in [2.24, 2.45) is 5.92 Å². The maximum absolute atomic E-state index is 4.66. The molecule has 1 aromatic rings. The van der Waals surface area contributed by atoms with Crippen LogP contribution in [-0.2, 0) is 13.1 Å². The van der Waals surface area contributed by atoms with Crippen molar-refractivity contribution in [3.05, 3.63) is 29.6 Å². The first-order valence-corrected chi connectivity index (χ1v) is 8.60. The number of pyridine rings is 1. The van der Waals surface area contributed by atoms with Gasteiger partial charge in [-0.15, -0.1) is 0 Å². The molecular formula is C18H29N3. The van der Waals surface area contributed by atoms with Crippen LogP contribution in [0.4, 0.5) is 0 Å². The van der Waals surface area contributed by atoms with E-state index in [9.17, 15) is 0 Å². The molecule has 0 amide bonds. The van der Waals surface area contributed by atoms with Crippen LogP contribution in [-0.4, -0.2) is 29.0 Å². The topological polar surface area (TPSA) is 28.2 Å². The van der Waals surface area contributed by atoms with Crippen LogP contribution in [0.25, 0.3) is 0 Å². The maximum Gasteiger partial charge on any atom is 0.0544 e. The summed E-state index contributed by atoms with van der Waals surface area (Å²) in [6.45, 7) is 4.35. The lowest BCUT2D eigenvalue weighted by Crippen LogP contribution is -2.38. The van der Waals surface area contributed by atoms with Crippen molar-refractivity contribution in [1.29, 1.82) is 0 Å². The lowest BCUT2D eigenvalue weighted by molar-refractivity contribution is 0.132. The number of hydrogen-bond donors (Lipinski definition) is 1. The van der Waals surface area contributed by atoms with Gasteiger partial charge in [-0.25, -0.2) is 0 Å². The lowest BCUT2D eigenvalue weighted by atomic mass is 9.85. The van der Waals surface area contributed by atoms with E-state index in [-0.39, 0.29) is 0 Å². The third-order valence-electron chi connectivity index (χ3n) is 5.10. The van der Waals surface area contributed by atoms with E-state index < -0.39 is 0 Å². The summed E-state index contributed by atoms with van der Waals surface area (Å²) in [5.41, 5.74) is 2.50. The fraction of sp³-hybridized carbons (Fsp3) is 0.722. The third-order valence-corrected chi connectivity index (χ3v) is 5.10. The second-order valence-electron chi connectivity index (χ2n) is 7.06. The van der Waals surface area contributed by atoms with Crippen molar-refractivity contribution in [2.75, 3.05) is 7.05 Å². The minimum absolute atomic E-state index is 0.733. The summed E-state index contributed by atoms with van der Waals surface area (Å²) in [7, 11) is 2.26. The van der Waals surface area contributed by atoms with Gasteiger partial charge in [0.2, 0.25) is 0 Å². The molecule has 2 fully saturated rings. The molecule has 3 rings (SSSR count). The average molecular weight is 287 g/mol. The molecule has 21 heavy (non-hydrogen) atoms. The quantitative estimate of drug-likeness (QED) is 0.869. The molecule has 2 aliphatic rings. The van der Waals surface area contributed by atoms with Crippen molar-refractivity contribution >= 4 is 0 Å². The van der Waals surface area contributed by atoms with E-state index in [1.165, 1.54) is 49.8 Å². The zero-order valence-electron chi connectivity index (χ0n) is 13.5. The van der Waals surface area contributed by atoms with Crippen molar-refractivity contribution in [2.45, 2.75) is 70.6 Å². The zero-order valence-corrected chi connectivity index (χ0v) is 13.5. The predicted octanol–water partition coefficient (Wildman–Crippen LogP) is 3.34. The van der Waals surface area contributed by atoms with Crippen molar-refractivity contribution in [1.82, 2.24) is 15.2 Å². The van der Waals surface area contributed by atoms with Gasteiger partial charge in [0.1, 0.15) is 0 Å². The number of nitrogens with zero attached hydrogens (tertiary/aromatic N) is 2. The highest BCUT2D eigenvalue weighted by atomic mass is 15.1. The SMILES string of the molecule is CC1CCCCC1N(C)Cc1ccc(CNC2CC2)cn1. The molecule has 2 atom stereocenters. The largest absolute Gasteiger partial charge is 0.310 e. The first-order chi connectivity index (χ1) is 10.2. The second kappa shape index (κ2) is 6.89. The molecule has 2 saturated carbocycles. The third kappa shape index (κ3) is 4.27. The van der Waals surface area contributed by atoms with Crippen LogP contribution in [0.2, 0.25) is 0 Å². The highest BCUT2D eigenvalue weighted by molar-refractivity contribution is 5.14. The standard InChI is InChI=1S/C18H29N3/c1-14-5-3-4-6-18(14)21(2)13-17-8-7-15(12-20-17)11-19-16-9-10-16/h7-8,12,14,16,18-19H,3-6,9-11,13H2,1-2H3. The van der Waals surface area contributed by atoms with Crippen molar-refractivity contribution in [3.63, 3.8) is 0 Å². The van der Waals surface area contributed by atoms with Crippen LogP contribution in [0.1, 0.15) is 56.7 Å². The van der Waals surface area contributed by atoms with E-state index in [2.05, 4.69) is 41.3 Å². The van der Waals surface area contributed by atoms with Gasteiger partial charge in [-0.05, 0) is 50.3 Å². The Morgan fingerprint density at radius 2 is 2.00 bits per heavy atom. The van der Waals surface area contributed by atoms with E-state index in [1.807, 2.05) is 6.20 Å². The van der Waals surface area contributed by atoms with E-state index in [0.717, 1.165) is 31.1 Å². The molecule has 0 aromatic carbocycles. The molecule has 0 bridgehead atoms. The summed E-state index contributed by atoms with van der Waals surface area (Å²) in [6.07, 6.45) is 10.3. The summed E-state index contributed by atoms with van der Waals surface area (Å²) in [6, 6.07) is 5.93. The molecule has 2 aliphatic carbocycles.